The Morgan fingerprint density at radius 1 is 1.00 bits per heavy atom. The van der Waals surface area contributed by atoms with Crippen LogP contribution < -0.4 is 0 Å². The highest BCUT2D eigenvalue weighted by Gasteiger charge is 2.16. The first-order chi connectivity index (χ1) is 17.3. The zero-order valence-corrected chi connectivity index (χ0v) is 20.5. The van der Waals surface area contributed by atoms with Crippen molar-refractivity contribution in [3.63, 3.8) is 0 Å². The molecule has 0 bridgehead atoms. The van der Waals surface area contributed by atoms with E-state index in [1.807, 2.05) is 6.07 Å². The summed E-state index contributed by atoms with van der Waals surface area (Å²) in [5, 5.41) is 19.2. The van der Waals surface area contributed by atoms with Crippen molar-refractivity contribution in [2.75, 3.05) is 0 Å². The second kappa shape index (κ2) is 11.3. The molecule has 5 rings (SSSR count). The molecule has 1 aliphatic carbocycles. The summed E-state index contributed by atoms with van der Waals surface area (Å²) in [5.41, 5.74) is 4.23. The number of H-pyrrole nitrogens is 1. The van der Waals surface area contributed by atoms with Crippen LogP contribution in [0.4, 0.5) is 0 Å². The molecule has 3 aromatic heterocycles. The molecule has 1 fully saturated rings. The summed E-state index contributed by atoms with van der Waals surface area (Å²) in [4.78, 5) is 9.20. The van der Waals surface area contributed by atoms with Gasteiger partial charge in [-0.1, -0.05) is 69.7 Å². The van der Waals surface area contributed by atoms with E-state index in [1.165, 1.54) is 44.1 Å². The zero-order chi connectivity index (χ0) is 23.9. The Kier molecular flexibility index (Phi) is 7.56. The van der Waals surface area contributed by atoms with Gasteiger partial charge in [-0.05, 0) is 51.9 Å². The van der Waals surface area contributed by atoms with Gasteiger partial charge in [0.05, 0.1) is 6.54 Å². The zero-order valence-electron chi connectivity index (χ0n) is 20.5. The van der Waals surface area contributed by atoms with Crippen LogP contribution in [-0.4, -0.2) is 40.4 Å². The van der Waals surface area contributed by atoms with Gasteiger partial charge in [0.1, 0.15) is 5.82 Å². The fourth-order valence-corrected chi connectivity index (χ4v) is 5.06. The minimum absolute atomic E-state index is 0.612. The first kappa shape index (κ1) is 23.3. The van der Waals surface area contributed by atoms with E-state index in [9.17, 15) is 0 Å². The number of nitrogens with zero attached hydrogens (tertiary/aromatic N) is 7. The Morgan fingerprint density at radius 3 is 2.63 bits per heavy atom. The van der Waals surface area contributed by atoms with Crippen molar-refractivity contribution in [1.29, 1.82) is 0 Å². The summed E-state index contributed by atoms with van der Waals surface area (Å²) < 4.78 is 2.12. The maximum absolute atomic E-state index is 4.96. The van der Waals surface area contributed by atoms with Crippen molar-refractivity contribution < 1.29 is 0 Å². The van der Waals surface area contributed by atoms with E-state index in [-0.39, 0.29) is 0 Å². The van der Waals surface area contributed by atoms with Gasteiger partial charge < -0.3 is 0 Å². The average Bonchev–Trinajstić information content (AvgIpc) is 3.58. The average molecular weight is 471 g/mol. The number of rotatable bonds is 10. The van der Waals surface area contributed by atoms with Crippen LogP contribution in [0.3, 0.4) is 0 Å². The highest BCUT2D eigenvalue weighted by atomic mass is 15.5. The number of pyridine rings is 1. The predicted molar refractivity (Wildman–Crippen MR) is 135 cm³/mol. The van der Waals surface area contributed by atoms with E-state index in [0.29, 0.717) is 5.82 Å². The molecule has 0 unspecified atom stereocenters. The van der Waals surface area contributed by atoms with Crippen molar-refractivity contribution in [1.82, 2.24) is 40.4 Å². The van der Waals surface area contributed by atoms with Gasteiger partial charge >= 0.3 is 0 Å². The van der Waals surface area contributed by atoms with Gasteiger partial charge in [0.2, 0.25) is 0 Å². The lowest BCUT2D eigenvalue weighted by molar-refractivity contribution is 0.337. The van der Waals surface area contributed by atoms with Crippen molar-refractivity contribution in [2.24, 2.45) is 5.92 Å². The molecule has 3 heterocycles. The molecule has 0 saturated heterocycles. The van der Waals surface area contributed by atoms with Gasteiger partial charge in [-0.15, -0.1) is 5.10 Å². The molecule has 8 heteroatoms. The van der Waals surface area contributed by atoms with Crippen LogP contribution in [0.25, 0.3) is 22.5 Å². The van der Waals surface area contributed by atoms with Crippen LogP contribution in [0.15, 0.2) is 42.7 Å². The van der Waals surface area contributed by atoms with Gasteiger partial charge in [-0.3, -0.25) is 4.98 Å². The molecular weight excluding hydrogens is 436 g/mol. The van der Waals surface area contributed by atoms with Gasteiger partial charge in [0.15, 0.2) is 11.6 Å². The molecule has 182 valence electrons. The quantitative estimate of drug-likeness (QED) is 0.332. The number of aromatic nitrogens is 8. The topological polar surface area (TPSA) is 98.1 Å². The smallest absolute Gasteiger partial charge is 0.181 e. The van der Waals surface area contributed by atoms with Gasteiger partial charge in [-0.25, -0.2) is 14.8 Å². The Morgan fingerprint density at radius 2 is 1.86 bits per heavy atom. The summed E-state index contributed by atoms with van der Waals surface area (Å²) in [6.07, 6.45) is 16.0. The third-order valence-electron chi connectivity index (χ3n) is 7.07. The first-order valence-corrected chi connectivity index (χ1v) is 13.0. The van der Waals surface area contributed by atoms with Crippen LogP contribution >= 0.6 is 0 Å². The molecule has 1 N–H and O–H groups in total. The number of hydrogen-bond donors (Lipinski definition) is 1. The van der Waals surface area contributed by atoms with Crippen LogP contribution in [0.2, 0.25) is 0 Å². The predicted octanol–water partition coefficient (Wildman–Crippen LogP) is 5.42. The maximum Gasteiger partial charge on any atom is 0.181 e. The SMILES string of the molecule is CCCCc1nc(CCC2CCCCC2)nn1Cc1ccc(-c2ccncc2-c2nnn[nH]2)cc1. The molecule has 1 aliphatic rings. The third kappa shape index (κ3) is 5.81. The van der Waals surface area contributed by atoms with E-state index < -0.39 is 0 Å². The molecule has 0 radical (unpaired) electrons. The molecule has 8 nitrogen and oxygen atoms in total. The second-order valence-corrected chi connectivity index (χ2v) is 9.62. The second-order valence-electron chi connectivity index (χ2n) is 9.62. The van der Waals surface area contributed by atoms with Crippen molar-refractivity contribution >= 4 is 0 Å². The van der Waals surface area contributed by atoms with Gasteiger partial charge in [0, 0.05) is 30.8 Å². The summed E-state index contributed by atoms with van der Waals surface area (Å²) >= 11 is 0. The lowest BCUT2D eigenvalue weighted by atomic mass is 9.86. The highest BCUT2D eigenvalue weighted by Crippen LogP contribution is 2.29. The Labute approximate surface area is 206 Å². The highest BCUT2D eigenvalue weighted by molar-refractivity contribution is 5.79. The van der Waals surface area contributed by atoms with Crippen LogP contribution in [0, 0.1) is 5.92 Å². The lowest BCUT2D eigenvalue weighted by Gasteiger charge is -2.20. The summed E-state index contributed by atoms with van der Waals surface area (Å²) in [7, 11) is 0. The molecule has 1 saturated carbocycles. The van der Waals surface area contributed by atoms with Crippen molar-refractivity contribution in [2.45, 2.75) is 77.7 Å². The van der Waals surface area contributed by atoms with E-state index in [1.54, 1.807) is 12.4 Å². The van der Waals surface area contributed by atoms with Crippen molar-refractivity contribution in [3.05, 3.63) is 59.9 Å². The monoisotopic (exact) mass is 470 g/mol. The first-order valence-electron chi connectivity index (χ1n) is 13.0. The van der Waals surface area contributed by atoms with E-state index in [2.05, 4.69) is 61.5 Å². The number of aromatic amines is 1. The van der Waals surface area contributed by atoms with Crippen LogP contribution in [0.1, 0.15) is 75.5 Å². The number of unbranched alkanes of at least 4 members (excludes halogenated alkanes) is 1. The summed E-state index contributed by atoms with van der Waals surface area (Å²) in [6.45, 7) is 2.97. The van der Waals surface area contributed by atoms with E-state index in [4.69, 9.17) is 10.1 Å². The Bertz CT molecular complexity index is 1190. The molecule has 0 amide bonds. The third-order valence-corrected chi connectivity index (χ3v) is 7.07. The Hall–Kier alpha value is -3.42. The minimum Gasteiger partial charge on any atom is -0.264 e. The fourth-order valence-electron chi connectivity index (χ4n) is 5.06. The fraction of sp³-hybridized carbons (Fsp3) is 0.481. The largest absolute Gasteiger partial charge is 0.264 e. The van der Waals surface area contributed by atoms with Crippen LogP contribution in [0.5, 0.6) is 0 Å². The molecule has 0 aliphatic heterocycles. The summed E-state index contributed by atoms with van der Waals surface area (Å²) in [6, 6.07) is 10.6. The van der Waals surface area contributed by atoms with E-state index in [0.717, 1.165) is 66.5 Å². The molecule has 4 aromatic rings. The number of tetrazole rings is 1. The van der Waals surface area contributed by atoms with Crippen LogP contribution in [-0.2, 0) is 19.4 Å². The van der Waals surface area contributed by atoms with Gasteiger partial charge in [-0.2, -0.15) is 5.10 Å². The summed E-state index contributed by atoms with van der Waals surface area (Å²) in [5.74, 6) is 3.60. The minimum atomic E-state index is 0.612. The normalized spacial score (nSPS) is 14.4. The molecule has 0 atom stereocenters. The molecule has 35 heavy (non-hydrogen) atoms. The van der Waals surface area contributed by atoms with Gasteiger partial charge in [0.25, 0.3) is 0 Å². The number of hydrogen-bond acceptors (Lipinski definition) is 6. The maximum atomic E-state index is 4.96. The number of aryl methyl sites for hydroxylation is 2. The van der Waals surface area contributed by atoms with Crippen molar-refractivity contribution in [3.8, 4) is 22.5 Å². The lowest BCUT2D eigenvalue weighted by Crippen LogP contribution is -2.08. The Balaban J connectivity index is 1.31. The molecular formula is C27H34N8. The standard InChI is InChI=1S/C27H34N8/c1-2-3-9-26-29-25(15-12-20-7-5-4-6-8-20)32-35(26)19-21-10-13-22(14-11-21)23-16-17-28-18-24(23)27-30-33-34-31-27/h10-11,13-14,16-18,20H,2-9,12,15,19H2,1H3,(H,30,31,33,34). The number of benzene rings is 1. The molecule has 1 aromatic carbocycles. The number of nitrogens with one attached hydrogen (secondary N) is 1. The molecule has 0 spiro atoms. The van der Waals surface area contributed by atoms with E-state index >= 15 is 0 Å².